The Balaban J connectivity index is 1.93. The number of carboxylic acid groups (broad SMARTS) is 1. The van der Waals surface area contributed by atoms with E-state index in [0.29, 0.717) is 18.2 Å². The molecule has 0 unspecified atom stereocenters. The maximum Gasteiger partial charge on any atom is 0.352 e. The molecule has 2 aromatic heterocycles. The number of hydrogen-bond donors (Lipinski definition) is 2. The molecule has 2 N–H and O–H groups in total. The molecule has 0 saturated heterocycles. The number of fused-ring (bicyclic) bond motifs is 1. The molecule has 0 aromatic carbocycles. The predicted molar refractivity (Wildman–Crippen MR) is 66.6 cm³/mol. The molecule has 0 amide bonds. The maximum absolute atomic E-state index is 11.2. The van der Waals surface area contributed by atoms with Gasteiger partial charge in [-0.1, -0.05) is 12.5 Å². The van der Waals surface area contributed by atoms with E-state index in [1.165, 1.54) is 19.3 Å². The van der Waals surface area contributed by atoms with Crippen LogP contribution in [0.2, 0.25) is 0 Å². The van der Waals surface area contributed by atoms with Crippen LogP contribution in [-0.2, 0) is 6.54 Å². The molecule has 0 aliphatic heterocycles. The molecular weight excluding hydrogens is 230 g/mol. The van der Waals surface area contributed by atoms with E-state index in [4.69, 9.17) is 0 Å². The van der Waals surface area contributed by atoms with E-state index in [1.54, 1.807) is 22.7 Å². The van der Waals surface area contributed by atoms with Crippen molar-refractivity contribution in [3.63, 3.8) is 0 Å². The van der Waals surface area contributed by atoms with E-state index in [0.717, 1.165) is 5.69 Å². The van der Waals surface area contributed by atoms with Crippen LogP contribution < -0.4 is 5.32 Å². The Hall–Kier alpha value is -1.88. The van der Waals surface area contributed by atoms with Gasteiger partial charge in [-0.05, 0) is 25.0 Å². The van der Waals surface area contributed by atoms with E-state index in [-0.39, 0.29) is 5.69 Å². The molecule has 1 fully saturated rings. The first-order valence-corrected chi connectivity index (χ1v) is 6.18. The average Bonchev–Trinajstić information content (AvgIpc) is 2.70. The second kappa shape index (κ2) is 4.42. The number of carbonyl (C=O) groups is 1. The number of carboxylic acids is 1. The lowest BCUT2D eigenvalue weighted by Gasteiger charge is -2.26. The van der Waals surface area contributed by atoms with Crippen LogP contribution in [0.25, 0.3) is 5.65 Å². The molecule has 0 spiro atoms. The molecule has 94 valence electrons. The largest absolute Gasteiger partial charge is 0.477 e. The second-order valence-corrected chi connectivity index (χ2v) is 4.67. The van der Waals surface area contributed by atoms with Gasteiger partial charge >= 0.3 is 5.97 Å². The topological polar surface area (TPSA) is 66.6 Å². The highest BCUT2D eigenvalue weighted by Gasteiger charge is 2.18. The van der Waals surface area contributed by atoms with Gasteiger partial charge in [0.25, 0.3) is 0 Å². The zero-order valence-electron chi connectivity index (χ0n) is 9.97. The van der Waals surface area contributed by atoms with Gasteiger partial charge in [0.1, 0.15) is 11.3 Å². The van der Waals surface area contributed by atoms with Gasteiger partial charge in [0, 0.05) is 12.6 Å². The summed E-state index contributed by atoms with van der Waals surface area (Å²) in [5.74, 6) is -0.927. The fourth-order valence-corrected chi connectivity index (χ4v) is 2.25. The third-order valence-electron chi connectivity index (χ3n) is 3.50. The van der Waals surface area contributed by atoms with E-state index < -0.39 is 5.97 Å². The first-order valence-electron chi connectivity index (χ1n) is 6.18. The number of nitrogens with one attached hydrogen (secondary N) is 1. The Labute approximate surface area is 104 Å². The summed E-state index contributed by atoms with van der Waals surface area (Å²) >= 11 is 0. The Morgan fingerprint density at radius 1 is 1.50 bits per heavy atom. The van der Waals surface area contributed by atoms with Crippen molar-refractivity contribution >= 4 is 11.6 Å². The highest BCUT2D eigenvalue weighted by molar-refractivity contribution is 5.86. The molecule has 2 aromatic rings. The van der Waals surface area contributed by atoms with Crippen LogP contribution in [0, 0.1) is 0 Å². The predicted octanol–water partition coefficient (Wildman–Crippen LogP) is 1.67. The van der Waals surface area contributed by atoms with Crippen molar-refractivity contribution in [3.8, 4) is 0 Å². The summed E-state index contributed by atoms with van der Waals surface area (Å²) in [6.07, 6.45) is 5.45. The molecule has 5 nitrogen and oxygen atoms in total. The molecule has 3 rings (SSSR count). The van der Waals surface area contributed by atoms with Crippen molar-refractivity contribution in [3.05, 3.63) is 35.8 Å². The third kappa shape index (κ3) is 1.86. The summed E-state index contributed by atoms with van der Waals surface area (Å²) in [4.78, 5) is 15.4. The first-order chi connectivity index (χ1) is 8.75. The number of nitrogens with zero attached hydrogens (tertiary/aromatic N) is 2. The van der Waals surface area contributed by atoms with Crippen LogP contribution in [0.3, 0.4) is 0 Å². The monoisotopic (exact) mass is 245 g/mol. The summed E-state index contributed by atoms with van der Waals surface area (Å²) in [5, 5.41) is 12.6. The smallest absolute Gasteiger partial charge is 0.352 e. The summed E-state index contributed by atoms with van der Waals surface area (Å²) in [6, 6.07) is 5.71. The lowest BCUT2D eigenvalue weighted by molar-refractivity contribution is 0.0688. The quantitative estimate of drug-likeness (QED) is 0.860. The van der Waals surface area contributed by atoms with Crippen LogP contribution in [0.5, 0.6) is 0 Å². The molecule has 1 aliphatic carbocycles. The molecular formula is C13H15N3O2. The zero-order valence-corrected chi connectivity index (χ0v) is 9.97. The minimum Gasteiger partial charge on any atom is -0.477 e. The highest BCUT2D eigenvalue weighted by atomic mass is 16.4. The van der Waals surface area contributed by atoms with E-state index >= 15 is 0 Å². The Morgan fingerprint density at radius 2 is 2.33 bits per heavy atom. The van der Waals surface area contributed by atoms with Gasteiger partial charge in [0.2, 0.25) is 0 Å². The standard InChI is InChI=1S/C13H15N3O2/c17-13(18)11-5-2-6-12-15-8-10(16(11)12)7-14-9-3-1-4-9/h2,5-6,8-9,14H,1,3-4,7H2,(H,17,18). The maximum atomic E-state index is 11.2. The number of pyridine rings is 1. The van der Waals surface area contributed by atoms with Crippen molar-refractivity contribution < 1.29 is 9.90 Å². The van der Waals surface area contributed by atoms with Crippen LogP contribution in [-0.4, -0.2) is 26.5 Å². The van der Waals surface area contributed by atoms with Gasteiger partial charge in [-0.3, -0.25) is 4.40 Å². The first kappa shape index (κ1) is 11.2. The van der Waals surface area contributed by atoms with Gasteiger partial charge in [0.15, 0.2) is 0 Å². The molecule has 1 aliphatic rings. The van der Waals surface area contributed by atoms with Crippen LogP contribution >= 0.6 is 0 Å². The summed E-state index contributed by atoms with van der Waals surface area (Å²) < 4.78 is 1.70. The van der Waals surface area contributed by atoms with Crippen molar-refractivity contribution in [1.29, 1.82) is 0 Å². The molecule has 5 heteroatoms. The number of aromatic nitrogens is 2. The van der Waals surface area contributed by atoms with Gasteiger partial charge in [-0.2, -0.15) is 0 Å². The molecule has 0 atom stereocenters. The van der Waals surface area contributed by atoms with Crippen molar-refractivity contribution in [1.82, 2.24) is 14.7 Å². The zero-order chi connectivity index (χ0) is 12.5. The fraction of sp³-hybridized carbons (Fsp3) is 0.385. The van der Waals surface area contributed by atoms with Crippen LogP contribution in [0.15, 0.2) is 24.4 Å². The highest BCUT2D eigenvalue weighted by Crippen LogP contribution is 2.19. The molecule has 0 radical (unpaired) electrons. The van der Waals surface area contributed by atoms with Gasteiger partial charge < -0.3 is 10.4 Å². The molecule has 1 saturated carbocycles. The van der Waals surface area contributed by atoms with Gasteiger partial charge in [-0.25, -0.2) is 9.78 Å². The Morgan fingerprint density at radius 3 is 3.00 bits per heavy atom. The van der Waals surface area contributed by atoms with Gasteiger partial charge in [-0.15, -0.1) is 0 Å². The number of aromatic carboxylic acids is 1. The summed E-state index contributed by atoms with van der Waals surface area (Å²) in [7, 11) is 0. The van der Waals surface area contributed by atoms with Crippen molar-refractivity contribution in [2.45, 2.75) is 31.8 Å². The Kier molecular flexibility index (Phi) is 2.76. The molecule has 2 heterocycles. The van der Waals surface area contributed by atoms with Crippen molar-refractivity contribution in [2.24, 2.45) is 0 Å². The second-order valence-electron chi connectivity index (χ2n) is 4.67. The minimum atomic E-state index is -0.927. The fourth-order valence-electron chi connectivity index (χ4n) is 2.25. The number of rotatable bonds is 4. The lowest BCUT2D eigenvalue weighted by atomic mass is 9.93. The van der Waals surface area contributed by atoms with E-state index in [9.17, 15) is 9.90 Å². The van der Waals surface area contributed by atoms with E-state index in [1.807, 2.05) is 6.07 Å². The average molecular weight is 245 g/mol. The molecule has 0 bridgehead atoms. The Bertz CT molecular complexity index is 587. The van der Waals surface area contributed by atoms with Crippen LogP contribution in [0.4, 0.5) is 0 Å². The van der Waals surface area contributed by atoms with Crippen LogP contribution in [0.1, 0.15) is 35.4 Å². The minimum absolute atomic E-state index is 0.260. The van der Waals surface area contributed by atoms with Gasteiger partial charge in [0.05, 0.1) is 11.9 Å². The molecule has 18 heavy (non-hydrogen) atoms. The number of hydrogen-bond acceptors (Lipinski definition) is 3. The normalized spacial score (nSPS) is 15.8. The van der Waals surface area contributed by atoms with Crippen molar-refractivity contribution in [2.75, 3.05) is 0 Å². The third-order valence-corrected chi connectivity index (χ3v) is 3.50. The van der Waals surface area contributed by atoms with E-state index in [2.05, 4.69) is 10.3 Å². The summed E-state index contributed by atoms with van der Waals surface area (Å²) in [6.45, 7) is 0.663. The lowest BCUT2D eigenvalue weighted by Crippen LogP contribution is -2.34. The SMILES string of the molecule is O=C(O)c1cccc2ncc(CNC3CCC3)n12. The summed E-state index contributed by atoms with van der Waals surface area (Å²) in [5.41, 5.74) is 1.84. The number of imidazole rings is 1.